The lowest BCUT2D eigenvalue weighted by Crippen LogP contribution is -2.63. The molecule has 3 saturated heterocycles. The molecule has 2 bridgehead atoms. The first-order valence-electron chi connectivity index (χ1n) is 8.25. The molecule has 0 saturated carbocycles. The van der Waals surface area contributed by atoms with Crippen LogP contribution < -0.4 is 20.5 Å². The number of nitrogens with zero attached hydrogens (tertiary/aromatic N) is 2. The van der Waals surface area contributed by atoms with Gasteiger partial charge in [-0.05, 0) is 6.07 Å². The van der Waals surface area contributed by atoms with Crippen LogP contribution in [0.5, 0.6) is 11.5 Å². The Balaban J connectivity index is 0.00000121. The molecule has 26 heavy (non-hydrogen) atoms. The summed E-state index contributed by atoms with van der Waals surface area (Å²) in [5.74, 6) is 0.539. The van der Waals surface area contributed by atoms with Crippen molar-refractivity contribution in [1.82, 2.24) is 15.1 Å². The van der Waals surface area contributed by atoms with Crippen molar-refractivity contribution < 1.29 is 14.3 Å². The van der Waals surface area contributed by atoms with Gasteiger partial charge in [0.25, 0.3) is 5.91 Å². The van der Waals surface area contributed by atoms with Gasteiger partial charge < -0.3 is 20.5 Å². The summed E-state index contributed by atoms with van der Waals surface area (Å²) in [5.41, 5.74) is 6.61. The van der Waals surface area contributed by atoms with E-state index in [1.165, 1.54) is 0 Å². The highest BCUT2D eigenvalue weighted by atomic mass is 35.5. The normalized spacial score (nSPS) is 25.7. The molecule has 5 rings (SSSR count). The van der Waals surface area contributed by atoms with Gasteiger partial charge in [0.2, 0.25) is 0 Å². The van der Waals surface area contributed by atoms with E-state index in [0.29, 0.717) is 53.6 Å². The molecule has 4 aliphatic heterocycles. The number of anilines is 1. The first kappa shape index (κ1) is 21.2. The van der Waals surface area contributed by atoms with Crippen molar-refractivity contribution in [3.63, 3.8) is 0 Å². The van der Waals surface area contributed by atoms with Gasteiger partial charge in [0.1, 0.15) is 13.2 Å². The van der Waals surface area contributed by atoms with Crippen molar-refractivity contribution in [3.05, 3.63) is 16.7 Å². The van der Waals surface area contributed by atoms with E-state index in [4.69, 9.17) is 26.8 Å². The molecule has 4 heterocycles. The third-order valence-corrected chi connectivity index (χ3v) is 5.25. The van der Waals surface area contributed by atoms with Crippen molar-refractivity contribution >= 4 is 48.0 Å². The quantitative estimate of drug-likeness (QED) is 0.710. The highest BCUT2D eigenvalue weighted by Gasteiger charge is 2.32. The summed E-state index contributed by atoms with van der Waals surface area (Å²) in [6, 6.07) is 1.91. The summed E-state index contributed by atoms with van der Waals surface area (Å²) in [4.78, 5) is 17.5. The molecule has 1 aromatic carbocycles. The van der Waals surface area contributed by atoms with Crippen molar-refractivity contribution in [2.75, 3.05) is 58.2 Å². The number of hydrogen-bond donors (Lipinski definition) is 2. The zero-order chi connectivity index (χ0) is 16.7. The molecule has 1 unspecified atom stereocenters. The lowest BCUT2D eigenvalue weighted by Gasteiger charge is -2.47. The number of ether oxygens (including phenoxy) is 2. The molecular formula is C16H23Cl3N4O3. The minimum atomic E-state index is -0.212. The van der Waals surface area contributed by atoms with Gasteiger partial charge in [-0.2, -0.15) is 0 Å². The van der Waals surface area contributed by atoms with Crippen molar-refractivity contribution in [2.24, 2.45) is 0 Å². The fourth-order valence-electron chi connectivity index (χ4n) is 3.59. The smallest absolute Gasteiger partial charge is 0.255 e. The highest BCUT2D eigenvalue weighted by Crippen LogP contribution is 2.43. The second kappa shape index (κ2) is 8.71. The summed E-state index contributed by atoms with van der Waals surface area (Å²) in [6.45, 7) is 6.77. The van der Waals surface area contributed by atoms with E-state index in [1.807, 2.05) is 0 Å². The second-order valence-electron chi connectivity index (χ2n) is 6.38. The molecule has 1 amide bonds. The van der Waals surface area contributed by atoms with Crippen LogP contribution in [0.2, 0.25) is 5.02 Å². The van der Waals surface area contributed by atoms with Crippen molar-refractivity contribution in [1.29, 1.82) is 0 Å². The predicted octanol–water partition coefficient (Wildman–Crippen LogP) is 1.27. The summed E-state index contributed by atoms with van der Waals surface area (Å²) in [5, 5.41) is 3.31. The van der Waals surface area contributed by atoms with Gasteiger partial charge >= 0.3 is 0 Å². The van der Waals surface area contributed by atoms with Crippen LogP contribution in [0.1, 0.15) is 10.4 Å². The van der Waals surface area contributed by atoms with Crippen LogP contribution in [-0.2, 0) is 0 Å². The van der Waals surface area contributed by atoms with Crippen LogP contribution >= 0.6 is 36.4 Å². The van der Waals surface area contributed by atoms with Crippen molar-refractivity contribution in [3.8, 4) is 11.5 Å². The Bertz CT molecular complexity index is 669. The molecule has 0 aromatic heterocycles. The first-order chi connectivity index (χ1) is 11.6. The molecule has 10 heteroatoms. The van der Waals surface area contributed by atoms with Crippen LogP contribution in [0.15, 0.2) is 6.07 Å². The summed E-state index contributed by atoms with van der Waals surface area (Å²) in [7, 11) is 0. The number of piperazine rings is 3. The highest BCUT2D eigenvalue weighted by molar-refractivity contribution is 6.34. The monoisotopic (exact) mass is 424 g/mol. The van der Waals surface area contributed by atoms with E-state index in [2.05, 4.69) is 15.1 Å². The van der Waals surface area contributed by atoms with E-state index in [0.717, 1.165) is 32.7 Å². The van der Waals surface area contributed by atoms with Crippen LogP contribution in [0, 0.1) is 0 Å². The lowest BCUT2D eigenvalue weighted by molar-refractivity contribution is 0.0138. The third-order valence-electron chi connectivity index (χ3n) is 4.94. The van der Waals surface area contributed by atoms with Gasteiger partial charge in [0, 0.05) is 45.3 Å². The predicted molar refractivity (Wildman–Crippen MR) is 105 cm³/mol. The molecule has 0 radical (unpaired) electrons. The molecule has 3 N–H and O–H groups in total. The van der Waals surface area contributed by atoms with E-state index in [-0.39, 0.29) is 30.7 Å². The number of fused-ring (bicyclic) bond motifs is 4. The number of halogens is 3. The number of benzene rings is 1. The first-order valence-corrected chi connectivity index (χ1v) is 8.63. The number of carbonyl (C=O) groups is 1. The molecule has 1 aromatic rings. The molecule has 3 fully saturated rings. The summed E-state index contributed by atoms with van der Waals surface area (Å²) >= 11 is 6.14. The number of rotatable bonds is 3. The molecule has 0 spiro atoms. The standard InChI is InChI=1S/C16H21ClN4O3.2ClH/c17-12-7-11(14-15(13(12)18)24-6-5-23-14)16(22)19-8-10-9-20-1-3-21(10)4-2-20;;/h7,10H,1-6,8-9,18H2,(H,19,22);2*1H. The van der Waals surface area contributed by atoms with Crippen LogP contribution in [0.25, 0.3) is 0 Å². The maximum Gasteiger partial charge on any atom is 0.255 e. The number of nitrogen functional groups attached to an aromatic ring is 1. The minimum absolute atomic E-state index is 0. The Labute approximate surface area is 169 Å². The lowest BCUT2D eigenvalue weighted by atomic mass is 10.1. The number of amides is 1. The molecule has 146 valence electrons. The zero-order valence-electron chi connectivity index (χ0n) is 14.2. The van der Waals surface area contributed by atoms with Gasteiger partial charge in [-0.25, -0.2) is 0 Å². The Kier molecular flexibility index (Phi) is 7.10. The van der Waals surface area contributed by atoms with Gasteiger partial charge in [-0.1, -0.05) is 11.6 Å². The Morgan fingerprint density at radius 3 is 2.46 bits per heavy atom. The fourth-order valence-corrected chi connectivity index (χ4v) is 3.78. The SMILES string of the molecule is Cl.Cl.Nc1c(Cl)cc(C(=O)NCC2CN3CCN2CC3)c2c1OCCO2. The maximum absolute atomic E-state index is 12.7. The Morgan fingerprint density at radius 2 is 1.85 bits per heavy atom. The Hall–Kier alpha value is -1.12. The van der Waals surface area contributed by atoms with E-state index < -0.39 is 0 Å². The zero-order valence-corrected chi connectivity index (χ0v) is 16.6. The van der Waals surface area contributed by atoms with Gasteiger partial charge in [0.05, 0.1) is 16.3 Å². The van der Waals surface area contributed by atoms with Gasteiger partial charge in [-0.15, -0.1) is 24.8 Å². The molecule has 0 aliphatic carbocycles. The average Bonchev–Trinajstić information content (AvgIpc) is 2.64. The number of hydrogen-bond acceptors (Lipinski definition) is 6. The molecule has 4 aliphatic rings. The molecule has 1 atom stereocenters. The molecular weight excluding hydrogens is 403 g/mol. The fraction of sp³-hybridized carbons (Fsp3) is 0.562. The number of nitrogens with one attached hydrogen (secondary N) is 1. The third kappa shape index (κ3) is 3.92. The average molecular weight is 426 g/mol. The Morgan fingerprint density at radius 1 is 1.19 bits per heavy atom. The summed E-state index contributed by atoms with van der Waals surface area (Å²) in [6.07, 6.45) is 0. The second-order valence-corrected chi connectivity index (χ2v) is 6.78. The number of carbonyl (C=O) groups excluding carboxylic acids is 1. The minimum Gasteiger partial charge on any atom is -0.485 e. The summed E-state index contributed by atoms with van der Waals surface area (Å²) < 4.78 is 11.1. The van der Waals surface area contributed by atoms with Gasteiger partial charge in [0.15, 0.2) is 11.5 Å². The van der Waals surface area contributed by atoms with Crippen LogP contribution in [0.3, 0.4) is 0 Å². The van der Waals surface area contributed by atoms with E-state index in [9.17, 15) is 4.79 Å². The van der Waals surface area contributed by atoms with Crippen molar-refractivity contribution in [2.45, 2.75) is 6.04 Å². The largest absolute Gasteiger partial charge is 0.485 e. The van der Waals surface area contributed by atoms with E-state index in [1.54, 1.807) is 6.07 Å². The van der Waals surface area contributed by atoms with Crippen LogP contribution in [-0.4, -0.2) is 74.2 Å². The molecule has 7 nitrogen and oxygen atoms in total. The van der Waals surface area contributed by atoms with E-state index >= 15 is 0 Å². The number of nitrogens with two attached hydrogens (primary N) is 1. The van der Waals surface area contributed by atoms with Gasteiger partial charge in [-0.3, -0.25) is 14.6 Å². The maximum atomic E-state index is 12.7. The topological polar surface area (TPSA) is 80.1 Å². The van der Waals surface area contributed by atoms with Crippen LogP contribution in [0.4, 0.5) is 5.69 Å².